The second kappa shape index (κ2) is 4.17. The predicted octanol–water partition coefficient (Wildman–Crippen LogP) is 2.34. The van der Waals surface area contributed by atoms with E-state index in [4.69, 9.17) is 10.8 Å². The molecule has 0 atom stereocenters. The van der Waals surface area contributed by atoms with E-state index in [1.54, 1.807) is 30.3 Å². The first-order valence-corrected chi connectivity index (χ1v) is 5.01. The Morgan fingerprint density at radius 2 is 1.82 bits per heavy atom. The fraction of sp³-hybridized carbons (Fsp3) is 0. The standard InChI is InChI=1S/C13H11NO3/c14-12-10(5-2-6-11(12)13(16)17)8-3-1-4-9(15)7-8/h1-7,15H,14H2,(H,16,17). The Labute approximate surface area is 97.9 Å². The van der Waals surface area contributed by atoms with Crippen LogP contribution in [-0.2, 0) is 0 Å². The second-order valence-corrected chi connectivity index (χ2v) is 3.62. The van der Waals surface area contributed by atoms with Crippen LogP contribution in [0.4, 0.5) is 5.69 Å². The van der Waals surface area contributed by atoms with E-state index in [2.05, 4.69) is 0 Å². The van der Waals surface area contributed by atoms with Gasteiger partial charge in [-0.2, -0.15) is 0 Å². The summed E-state index contributed by atoms with van der Waals surface area (Å²) in [6, 6.07) is 11.3. The van der Waals surface area contributed by atoms with E-state index in [0.29, 0.717) is 11.1 Å². The summed E-state index contributed by atoms with van der Waals surface area (Å²) < 4.78 is 0. The first kappa shape index (κ1) is 11.0. The minimum absolute atomic E-state index is 0.0610. The molecule has 4 N–H and O–H groups in total. The second-order valence-electron chi connectivity index (χ2n) is 3.62. The van der Waals surface area contributed by atoms with Crippen LogP contribution in [0.3, 0.4) is 0 Å². The van der Waals surface area contributed by atoms with E-state index in [0.717, 1.165) is 0 Å². The molecule has 2 aromatic rings. The molecule has 0 aliphatic rings. The number of phenolic OH excluding ortho intramolecular Hbond substituents is 1. The van der Waals surface area contributed by atoms with Gasteiger partial charge in [0.1, 0.15) is 5.75 Å². The van der Waals surface area contributed by atoms with Gasteiger partial charge < -0.3 is 15.9 Å². The smallest absolute Gasteiger partial charge is 0.337 e. The number of aromatic hydroxyl groups is 1. The zero-order valence-electron chi connectivity index (χ0n) is 8.92. The van der Waals surface area contributed by atoms with Crippen LogP contribution in [0, 0.1) is 0 Å². The lowest BCUT2D eigenvalue weighted by Crippen LogP contribution is -2.03. The number of hydrogen-bond donors (Lipinski definition) is 3. The quantitative estimate of drug-likeness (QED) is 0.690. The van der Waals surface area contributed by atoms with Gasteiger partial charge in [0.05, 0.1) is 11.3 Å². The molecule has 17 heavy (non-hydrogen) atoms. The Morgan fingerprint density at radius 1 is 1.12 bits per heavy atom. The van der Waals surface area contributed by atoms with Gasteiger partial charge in [-0.15, -0.1) is 0 Å². The maximum Gasteiger partial charge on any atom is 0.337 e. The summed E-state index contributed by atoms with van der Waals surface area (Å²) >= 11 is 0. The molecule has 0 saturated carbocycles. The molecule has 0 fully saturated rings. The van der Waals surface area contributed by atoms with Crippen molar-refractivity contribution in [3.05, 3.63) is 48.0 Å². The number of hydrogen-bond acceptors (Lipinski definition) is 3. The molecular weight excluding hydrogens is 218 g/mol. The van der Waals surface area contributed by atoms with Crippen molar-refractivity contribution in [2.45, 2.75) is 0 Å². The molecule has 0 spiro atoms. The number of para-hydroxylation sites is 1. The number of phenols is 1. The predicted molar refractivity (Wildman–Crippen MR) is 64.9 cm³/mol. The number of benzene rings is 2. The Balaban J connectivity index is 2.60. The zero-order chi connectivity index (χ0) is 12.4. The van der Waals surface area contributed by atoms with Gasteiger partial charge in [0.2, 0.25) is 0 Å². The SMILES string of the molecule is Nc1c(C(=O)O)cccc1-c1cccc(O)c1. The van der Waals surface area contributed by atoms with E-state index in [1.165, 1.54) is 12.1 Å². The number of carboxylic acid groups (broad SMARTS) is 1. The van der Waals surface area contributed by atoms with Crippen molar-refractivity contribution in [2.24, 2.45) is 0 Å². The Bertz CT molecular complexity index is 579. The Hall–Kier alpha value is -2.49. The van der Waals surface area contributed by atoms with Crippen LogP contribution in [0.15, 0.2) is 42.5 Å². The van der Waals surface area contributed by atoms with Crippen LogP contribution in [-0.4, -0.2) is 16.2 Å². The number of nitrogen functional groups attached to an aromatic ring is 1. The Kier molecular flexibility index (Phi) is 2.70. The highest BCUT2D eigenvalue weighted by atomic mass is 16.4. The van der Waals surface area contributed by atoms with Crippen LogP contribution >= 0.6 is 0 Å². The first-order chi connectivity index (χ1) is 8.09. The molecule has 0 aromatic heterocycles. The molecule has 0 bridgehead atoms. The maximum atomic E-state index is 10.9. The van der Waals surface area contributed by atoms with Crippen LogP contribution < -0.4 is 5.73 Å². The number of carboxylic acids is 1. The molecular formula is C13H11NO3. The molecule has 2 aromatic carbocycles. The van der Waals surface area contributed by atoms with Crippen molar-refractivity contribution in [1.29, 1.82) is 0 Å². The molecule has 4 heteroatoms. The van der Waals surface area contributed by atoms with Gasteiger partial charge in [0.15, 0.2) is 0 Å². The number of nitrogens with two attached hydrogens (primary N) is 1. The highest BCUT2D eigenvalue weighted by Crippen LogP contribution is 2.30. The van der Waals surface area contributed by atoms with Crippen molar-refractivity contribution < 1.29 is 15.0 Å². The third-order valence-corrected chi connectivity index (χ3v) is 2.49. The van der Waals surface area contributed by atoms with Crippen LogP contribution in [0.2, 0.25) is 0 Å². The van der Waals surface area contributed by atoms with E-state index in [-0.39, 0.29) is 17.0 Å². The summed E-state index contributed by atoms with van der Waals surface area (Å²) in [4.78, 5) is 10.9. The monoisotopic (exact) mass is 229 g/mol. The van der Waals surface area contributed by atoms with Crippen molar-refractivity contribution in [3.8, 4) is 16.9 Å². The lowest BCUT2D eigenvalue weighted by Gasteiger charge is -2.08. The molecule has 2 rings (SSSR count). The normalized spacial score (nSPS) is 10.1. The van der Waals surface area contributed by atoms with Crippen molar-refractivity contribution >= 4 is 11.7 Å². The third-order valence-electron chi connectivity index (χ3n) is 2.49. The molecule has 0 saturated heterocycles. The van der Waals surface area contributed by atoms with Crippen molar-refractivity contribution in [3.63, 3.8) is 0 Å². The highest BCUT2D eigenvalue weighted by Gasteiger charge is 2.12. The summed E-state index contributed by atoms with van der Waals surface area (Å²) in [6.45, 7) is 0. The minimum atomic E-state index is -1.07. The molecule has 0 aliphatic heterocycles. The summed E-state index contributed by atoms with van der Waals surface area (Å²) in [5.74, 6) is -0.952. The fourth-order valence-corrected chi connectivity index (χ4v) is 1.68. The topological polar surface area (TPSA) is 83.6 Å². The van der Waals surface area contributed by atoms with Gasteiger partial charge in [0.25, 0.3) is 0 Å². The van der Waals surface area contributed by atoms with Crippen LogP contribution in [0.1, 0.15) is 10.4 Å². The van der Waals surface area contributed by atoms with E-state index >= 15 is 0 Å². The first-order valence-electron chi connectivity index (χ1n) is 5.01. The van der Waals surface area contributed by atoms with Gasteiger partial charge >= 0.3 is 5.97 Å². The summed E-state index contributed by atoms with van der Waals surface area (Å²) in [7, 11) is 0. The van der Waals surface area contributed by atoms with E-state index in [9.17, 15) is 9.90 Å². The molecule has 0 amide bonds. The van der Waals surface area contributed by atoms with Crippen LogP contribution in [0.5, 0.6) is 5.75 Å². The molecule has 86 valence electrons. The lowest BCUT2D eigenvalue weighted by atomic mass is 10.0. The number of aromatic carboxylic acids is 1. The molecule has 0 radical (unpaired) electrons. The van der Waals surface area contributed by atoms with Crippen LogP contribution in [0.25, 0.3) is 11.1 Å². The summed E-state index contributed by atoms with van der Waals surface area (Å²) in [5, 5.41) is 18.3. The third kappa shape index (κ3) is 2.06. The van der Waals surface area contributed by atoms with Gasteiger partial charge in [-0.05, 0) is 23.8 Å². The number of carbonyl (C=O) groups is 1. The van der Waals surface area contributed by atoms with Gasteiger partial charge in [-0.3, -0.25) is 0 Å². The van der Waals surface area contributed by atoms with Crippen molar-refractivity contribution in [1.82, 2.24) is 0 Å². The highest BCUT2D eigenvalue weighted by molar-refractivity contribution is 5.98. The van der Waals surface area contributed by atoms with E-state index in [1.807, 2.05) is 0 Å². The largest absolute Gasteiger partial charge is 0.508 e. The summed E-state index contributed by atoms with van der Waals surface area (Å²) in [6.07, 6.45) is 0. The molecule has 0 unspecified atom stereocenters. The molecule has 0 aliphatic carbocycles. The fourth-order valence-electron chi connectivity index (χ4n) is 1.68. The average Bonchev–Trinajstić information content (AvgIpc) is 2.29. The van der Waals surface area contributed by atoms with Gasteiger partial charge in [-0.25, -0.2) is 4.79 Å². The molecule has 0 heterocycles. The average molecular weight is 229 g/mol. The number of rotatable bonds is 2. The van der Waals surface area contributed by atoms with Crippen molar-refractivity contribution in [2.75, 3.05) is 5.73 Å². The Morgan fingerprint density at radius 3 is 2.47 bits per heavy atom. The van der Waals surface area contributed by atoms with E-state index < -0.39 is 5.97 Å². The van der Waals surface area contributed by atoms with Gasteiger partial charge in [0, 0.05) is 5.56 Å². The molecule has 4 nitrogen and oxygen atoms in total. The zero-order valence-corrected chi connectivity index (χ0v) is 8.92. The van der Waals surface area contributed by atoms with Gasteiger partial charge in [-0.1, -0.05) is 24.3 Å². The summed E-state index contributed by atoms with van der Waals surface area (Å²) in [5.41, 5.74) is 7.35. The maximum absolute atomic E-state index is 10.9. The minimum Gasteiger partial charge on any atom is -0.508 e. The lowest BCUT2D eigenvalue weighted by molar-refractivity contribution is 0.0698. The number of anilines is 1.